The van der Waals surface area contributed by atoms with Crippen molar-refractivity contribution >= 4 is 11.5 Å². The Kier molecular flexibility index (Phi) is 3.64. The van der Waals surface area contributed by atoms with E-state index in [4.69, 9.17) is 0 Å². The Morgan fingerprint density at radius 2 is 1.48 bits per heavy atom. The summed E-state index contributed by atoms with van der Waals surface area (Å²) >= 11 is 1.56. The van der Waals surface area contributed by atoms with E-state index >= 15 is 0 Å². The van der Waals surface area contributed by atoms with Crippen LogP contribution in [0.1, 0.15) is 26.3 Å². The lowest BCUT2D eigenvalue weighted by atomic mass is 9.86. The molecule has 0 aliphatic carbocycles. The molecule has 0 N–H and O–H groups in total. The maximum Gasteiger partial charge on any atom is 0.0847 e. The van der Waals surface area contributed by atoms with E-state index in [2.05, 4.69) is 67.6 Å². The van der Waals surface area contributed by atoms with Gasteiger partial charge in [-0.25, -0.2) is 0 Å². The molecule has 1 nitrogen and oxygen atoms in total. The summed E-state index contributed by atoms with van der Waals surface area (Å²) in [6, 6.07) is 21.3. The molecule has 1 heterocycles. The van der Waals surface area contributed by atoms with Gasteiger partial charge in [-0.1, -0.05) is 75.4 Å². The highest BCUT2D eigenvalue weighted by Gasteiger charge is 2.13. The van der Waals surface area contributed by atoms with E-state index < -0.39 is 0 Å². The number of aromatic nitrogens is 1. The number of hydrogen-bond donors (Lipinski definition) is 0. The Hall–Kier alpha value is -1.93. The summed E-state index contributed by atoms with van der Waals surface area (Å²) in [4.78, 5) is 1.22. The Morgan fingerprint density at radius 1 is 0.810 bits per heavy atom. The molecule has 3 aromatic rings. The third-order valence-electron chi connectivity index (χ3n) is 3.62. The Balaban J connectivity index is 1.90. The lowest BCUT2D eigenvalue weighted by molar-refractivity contribution is 0.590. The lowest BCUT2D eigenvalue weighted by Crippen LogP contribution is -2.10. The second kappa shape index (κ2) is 5.45. The summed E-state index contributed by atoms with van der Waals surface area (Å²) in [5.74, 6) is 0. The van der Waals surface area contributed by atoms with Crippen LogP contribution in [0.5, 0.6) is 0 Å². The van der Waals surface area contributed by atoms with Crippen LogP contribution in [0.15, 0.2) is 60.7 Å². The monoisotopic (exact) mass is 293 g/mol. The standard InChI is InChI=1S/C19H19NS/c1-19(2,3)16-11-9-15(10-12-16)18-13-17(20-21-18)14-7-5-4-6-8-14/h4-13H,1-3H3. The minimum Gasteiger partial charge on any atom is -0.192 e. The van der Waals surface area contributed by atoms with E-state index in [9.17, 15) is 0 Å². The molecule has 0 aliphatic heterocycles. The molecule has 0 atom stereocenters. The summed E-state index contributed by atoms with van der Waals surface area (Å²) in [5, 5.41) is 0. The zero-order chi connectivity index (χ0) is 14.9. The third-order valence-corrected chi connectivity index (χ3v) is 4.45. The van der Waals surface area contributed by atoms with Crippen molar-refractivity contribution in [2.24, 2.45) is 0 Å². The summed E-state index contributed by atoms with van der Waals surface area (Å²) < 4.78 is 4.58. The van der Waals surface area contributed by atoms with Crippen LogP contribution in [0.25, 0.3) is 21.7 Å². The van der Waals surface area contributed by atoms with Crippen LogP contribution in [-0.4, -0.2) is 4.37 Å². The molecule has 0 aliphatic rings. The maximum atomic E-state index is 4.58. The summed E-state index contributed by atoms with van der Waals surface area (Å²) in [5.41, 5.74) is 5.02. The van der Waals surface area contributed by atoms with Crippen molar-refractivity contribution in [2.45, 2.75) is 26.2 Å². The first-order valence-electron chi connectivity index (χ1n) is 7.17. The molecule has 1 aromatic heterocycles. The molecule has 3 rings (SSSR count). The zero-order valence-corrected chi connectivity index (χ0v) is 13.4. The Morgan fingerprint density at radius 3 is 2.10 bits per heavy atom. The second-order valence-corrected chi connectivity index (χ2v) is 7.07. The second-order valence-electron chi connectivity index (χ2n) is 6.27. The molecule has 0 unspecified atom stereocenters. The fourth-order valence-corrected chi connectivity index (χ4v) is 3.05. The van der Waals surface area contributed by atoms with Crippen LogP contribution in [0.4, 0.5) is 0 Å². The van der Waals surface area contributed by atoms with Crippen LogP contribution >= 0.6 is 11.5 Å². The molecule has 0 bridgehead atoms. The fraction of sp³-hybridized carbons (Fsp3) is 0.211. The summed E-state index contributed by atoms with van der Waals surface area (Å²) in [7, 11) is 0. The van der Waals surface area contributed by atoms with Gasteiger partial charge >= 0.3 is 0 Å². The van der Waals surface area contributed by atoms with E-state index in [1.165, 1.54) is 21.6 Å². The van der Waals surface area contributed by atoms with Crippen molar-refractivity contribution in [2.75, 3.05) is 0 Å². The van der Waals surface area contributed by atoms with Crippen LogP contribution < -0.4 is 0 Å². The van der Waals surface area contributed by atoms with Crippen LogP contribution in [0.3, 0.4) is 0 Å². The van der Waals surface area contributed by atoms with Gasteiger partial charge in [0.15, 0.2) is 0 Å². The number of rotatable bonds is 2. The van der Waals surface area contributed by atoms with E-state index in [0.29, 0.717) is 0 Å². The predicted octanol–water partition coefficient (Wildman–Crippen LogP) is 5.77. The fourth-order valence-electron chi connectivity index (χ4n) is 2.29. The zero-order valence-electron chi connectivity index (χ0n) is 12.6. The molecular weight excluding hydrogens is 274 g/mol. The highest BCUT2D eigenvalue weighted by atomic mass is 32.1. The average molecular weight is 293 g/mol. The van der Waals surface area contributed by atoms with Gasteiger partial charge in [-0.15, -0.1) is 0 Å². The van der Waals surface area contributed by atoms with Gasteiger partial charge in [0.05, 0.1) is 10.6 Å². The molecule has 2 heteroatoms. The largest absolute Gasteiger partial charge is 0.192 e. The SMILES string of the molecule is CC(C)(C)c1ccc(-c2cc(-c3ccccc3)ns2)cc1. The molecule has 0 saturated heterocycles. The van der Waals surface area contributed by atoms with Crippen molar-refractivity contribution in [3.05, 3.63) is 66.2 Å². The molecule has 0 spiro atoms. The molecular formula is C19H19NS. The first-order valence-corrected chi connectivity index (χ1v) is 7.94. The summed E-state index contributed by atoms with van der Waals surface area (Å²) in [6.07, 6.45) is 0. The minimum absolute atomic E-state index is 0.196. The van der Waals surface area contributed by atoms with Gasteiger partial charge in [-0.05, 0) is 34.1 Å². The molecule has 0 radical (unpaired) electrons. The van der Waals surface area contributed by atoms with E-state index in [1.807, 2.05) is 18.2 Å². The highest BCUT2D eigenvalue weighted by molar-refractivity contribution is 7.09. The Bertz CT molecular complexity index is 718. The van der Waals surface area contributed by atoms with Crippen molar-refractivity contribution in [1.29, 1.82) is 0 Å². The van der Waals surface area contributed by atoms with Crippen molar-refractivity contribution in [1.82, 2.24) is 4.37 Å². The topological polar surface area (TPSA) is 12.9 Å². The van der Waals surface area contributed by atoms with Crippen LogP contribution in [0, 0.1) is 0 Å². The van der Waals surface area contributed by atoms with E-state index in [-0.39, 0.29) is 5.41 Å². The molecule has 0 amide bonds. The predicted molar refractivity (Wildman–Crippen MR) is 91.7 cm³/mol. The van der Waals surface area contributed by atoms with Gasteiger partial charge in [0.2, 0.25) is 0 Å². The van der Waals surface area contributed by atoms with Gasteiger partial charge in [0, 0.05) is 5.56 Å². The number of nitrogens with zero attached hydrogens (tertiary/aromatic N) is 1. The first-order chi connectivity index (χ1) is 10.0. The van der Waals surface area contributed by atoms with Crippen LogP contribution in [0.2, 0.25) is 0 Å². The summed E-state index contributed by atoms with van der Waals surface area (Å²) in [6.45, 7) is 6.71. The Labute approximate surface area is 130 Å². The molecule has 21 heavy (non-hydrogen) atoms. The first kappa shape index (κ1) is 14.0. The van der Waals surface area contributed by atoms with E-state index in [1.54, 1.807) is 11.5 Å². The van der Waals surface area contributed by atoms with Crippen molar-refractivity contribution in [3.8, 4) is 21.7 Å². The highest BCUT2D eigenvalue weighted by Crippen LogP contribution is 2.31. The molecule has 0 fully saturated rings. The van der Waals surface area contributed by atoms with Gasteiger partial charge in [0.25, 0.3) is 0 Å². The van der Waals surface area contributed by atoms with Gasteiger partial charge < -0.3 is 0 Å². The normalized spacial score (nSPS) is 11.6. The van der Waals surface area contributed by atoms with Gasteiger partial charge in [-0.2, -0.15) is 4.37 Å². The number of benzene rings is 2. The van der Waals surface area contributed by atoms with E-state index in [0.717, 1.165) is 5.69 Å². The smallest absolute Gasteiger partial charge is 0.0847 e. The van der Waals surface area contributed by atoms with Gasteiger partial charge in [-0.3, -0.25) is 0 Å². The third kappa shape index (κ3) is 3.06. The molecule has 106 valence electrons. The number of hydrogen-bond acceptors (Lipinski definition) is 2. The van der Waals surface area contributed by atoms with Crippen LogP contribution in [-0.2, 0) is 5.41 Å². The average Bonchev–Trinajstić information content (AvgIpc) is 2.97. The minimum atomic E-state index is 0.196. The van der Waals surface area contributed by atoms with Gasteiger partial charge in [0.1, 0.15) is 0 Å². The quantitative estimate of drug-likeness (QED) is 0.584. The lowest BCUT2D eigenvalue weighted by Gasteiger charge is -2.18. The molecule has 2 aromatic carbocycles. The van der Waals surface area contributed by atoms with Crippen molar-refractivity contribution in [3.63, 3.8) is 0 Å². The molecule has 0 saturated carbocycles. The van der Waals surface area contributed by atoms with Crippen molar-refractivity contribution < 1.29 is 0 Å². The maximum absolute atomic E-state index is 4.58.